The minimum Gasteiger partial charge on any atom is -0.494 e. The third-order valence-corrected chi connectivity index (χ3v) is 3.30. The number of alkyl carbamates (subject to hydrolysis) is 1. The number of carboxylic acid groups (broad SMARTS) is 1. The van der Waals surface area contributed by atoms with Crippen LogP contribution in [0, 0.1) is 0 Å². The Morgan fingerprint density at radius 1 is 1.12 bits per heavy atom. The number of aliphatic carboxylic acids is 1. The van der Waals surface area contributed by atoms with Gasteiger partial charge in [0.25, 0.3) is 0 Å². The number of carbonyl (C=O) groups is 2. The Kier molecular flexibility index (Phi) is 7.23. The molecule has 0 radical (unpaired) electrons. The third kappa shape index (κ3) is 7.43. The number of aliphatic hydroxyl groups is 1. The second kappa shape index (κ2) is 8.71. The van der Waals surface area contributed by atoms with Crippen molar-refractivity contribution in [2.75, 3.05) is 13.2 Å². The van der Waals surface area contributed by atoms with Crippen LogP contribution in [0.5, 0.6) is 5.75 Å². The summed E-state index contributed by atoms with van der Waals surface area (Å²) in [4.78, 5) is 23.6. The number of hydrogen-bond donors (Lipinski definition) is 3. The van der Waals surface area contributed by atoms with E-state index in [1.807, 2.05) is 0 Å². The van der Waals surface area contributed by atoms with Crippen molar-refractivity contribution in [2.45, 2.75) is 51.7 Å². The van der Waals surface area contributed by atoms with Crippen LogP contribution in [0.1, 0.15) is 39.7 Å². The van der Waals surface area contributed by atoms with Crippen molar-refractivity contribution in [1.29, 1.82) is 0 Å². The van der Waals surface area contributed by atoms with E-state index in [-0.39, 0.29) is 13.0 Å². The fourth-order valence-corrected chi connectivity index (χ4v) is 2.07. The van der Waals surface area contributed by atoms with Crippen LogP contribution in [-0.4, -0.2) is 46.6 Å². The summed E-state index contributed by atoms with van der Waals surface area (Å²) in [5.41, 5.74) is -1.48. The summed E-state index contributed by atoms with van der Waals surface area (Å²) in [6.45, 7) is 7.03. The molecule has 0 saturated heterocycles. The standard InChI is InChI=1S/C18H27NO6/c1-17(2,3)25-16(23)19-18(4,15(21)22)12-13-6-8-14(9-7-13)24-11-5-10-20/h6-9,20H,5,10-12H2,1-4H3,(H,19,23)(H,21,22)/t18-/m0/s1. The second-order valence-corrected chi connectivity index (χ2v) is 7.01. The summed E-state index contributed by atoms with van der Waals surface area (Å²) in [7, 11) is 0. The zero-order chi connectivity index (χ0) is 19.1. The largest absolute Gasteiger partial charge is 0.494 e. The first kappa shape index (κ1) is 20.8. The lowest BCUT2D eigenvalue weighted by Gasteiger charge is -2.28. The number of amides is 1. The van der Waals surface area contributed by atoms with E-state index in [0.717, 1.165) is 5.56 Å². The molecule has 0 bridgehead atoms. The maximum atomic E-state index is 11.9. The molecule has 1 rings (SSSR count). The maximum Gasteiger partial charge on any atom is 0.408 e. The molecule has 1 atom stereocenters. The fraction of sp³-hybridized carbons (Fsp3) is 0.556. The number of aliphatic hydroxyl groups excluding tert-OH is 1. The smallest absolute Gasteiger partial charge is 0.408 e. The summed E-state index contributed by atoms with van der Waals surface area (Å²) in [5, 5.41) is 20.7. The van der Waals surface area contributed by atoms with Gasteiger partial charge in [0.1, 0.15) is 16.9 Å². The Labute approximate surface area is 147 Å². The summed E-state index contributed by atoms with van der Waals surface area (Å²) in [6, 6.07) is 6.93. The highest BCUT2D eigenvalue weighted by Crippen LogP contribution is 2.19. The SMILES string of the molecule is CC(C)(C)OC(=O)N[C@@](C)(Cc1ccc(OCCCO)cc1)C(=O)O. The van der Waals surface area contributed by atoms with Crippen LogP contribution in [0.25, 0.3) is 0 Å². The number of ether oxygens (including phenoxy) is 2. The van der Waals surface area contributed by atoms with Crippen LogP contribution in [0.15, 0.2) is 24.3 Å². The molecule has 0 unspecified atom stereocenters. The van der Waals surface area contributed by atoms with Crippen LogP contribution in [0.4, 0.5) is 4.79 Å². The van der Waals surface area contributed by atoms with E-state index in [0.29, 0.717) is 18.8 Å². The Morgan fingerprint density at radius 2 is 1.72 bits per heavy atom. The van der Waals surface area contributed by atoms with Gasteiger partial charge in [0.05, 0.1) is 6.61 Å². The molecule has 7 nitrogen and oxygen atoms in total. The summed E-state index contributed by atoms with van der Waals surface area (Å²) in [6.07, 6.45) is -0.140. The van der Waals surface area contributed by atoms with Crippen molar-refractivity contribution in [2.24, 2.45) is 0 Å². The lowest BCUT2D eigenvalue weighted by atomic mass is 9.93. The zero-order valence-corrected chi connectivity index (χ0v) is 15.2. The topological polar surface area (TPSA) is 105 Å². The molecular weight excluding hydrogens is 326 g/mol. The zero-order valence-electron chi connectivity index (χ0n) is 15.2. The minimum atomic E-state index is -1.50. The number of nitrogens with one attached hydrogen (secondary N) is 1. The molecule has 0 spiro atoms. The van der Waals surface area contributed by atoms with E-state index < -0.39 is 23.2 Å². The molecular formula is C18H27NO6. The van der Waals surface area contributed by atoms with E-state index in [9.17, 15) is 14.7 Å². The van der Waals surface area contributed by atoms with Crippen molar-refractivity contribution in [3.8, 4) is 5.75 Å². The van der Waals surface area contributed by atoms with Gasteiger partial charge in [0.2, 0.25) is 0 Å². The average Bonchev–Trinajstić information content (AvgIpc) is 2.47. The molecule has 0 heterocycles. The van der Waals surface area contributed by atoms with Crippen molar-refractivity contribution >= 4 is 12.1 Å². The van der Waals surface area contributed by atoms with Crippen LogP contribution < -0.4 is 10.1 Å². The van der Waals surface area contributed by atoms with Crippen LogP contribution in [-0.2, 0) is 16.0 Å². The van der Waals surface area contributed by atoms with E-state index in [2.05, 4.69) is 5.32 Å². The molecule has 1 amide bonds. The maximum absolute atomic E-state index is 11.9. The number of carbonyl (C=O) groups excluding carboxylic acids is 1. The van der Waals surface area contributed by atoms with Gasteiger partial charge in [0, 0.05) is 19.4 Å². The van der Waals surface area contributed by atoms with Gasteiger partial charge >= 0.3 is 12.1 Å². The Hall–Kier alpha value is -2.28. The number of hydrogen-bond acceptors (Lipinski definition) is 5. The summed E-state index contributed by atoms with van der Waals surface area (Å²) >= 11 is 0. The Balaban J connectivity index is 2.76. The molecule has 0 aliphatic rings. The van der Waals surface area contributed by atoms with Crippen LogP contribution >= 0.6 is 0 Å². The van der Waals surface area contributed by atoms with Crippen molar-refractivity contribution in [3.63, 3.8) is 0 Å². The normalized spacial score (nSPS) is 13.6. The van der Waals surface area contributed by atoms with Gasteiger partial charge in [-0.2, -0.15) is 0 Å². The predicted octanol–water partition coefficient (Wildman–Crippen LogP) is 2.36. The third-order valence-electron chi connectivity index (χ3n) is 3.30. The van der Waals surface area contributed by atoms with E-state index in [4.69, 9.17) is 14.6 Å². The van der Waals surface area contributed by atoms with Gasteiger partial charge in [0.15, 0.2) is 0 Å². The van der Waals surface area contributed by atoms with Crippen molar-refractivity contribution < 1.29 is 29.3 Å². The molecule has 25 heavy (non-hydrogen) atoms. The number of benzene rings is 1. The van der Waals surface area contributed by atoms with Gasteiger partial charge in [-0.3, -0.25) is 0 Å². The highest BCUT2D eigenvalue weighted by Gasteiger charge is 2.36. The highest BCUT2D eigenvalue weighted by atomic mass is 16.6. The molecule has 0 saturated carbocycles. The van der Waals surface area contributed by atoms with E-state index in [1.54, 1.807) is 45.0 Å². The van der Waals surface area contributed by atoms with Crippen molar-refractivity contribution in [3.05, 3.63) is 29.8 Å². The first-order valence-corrected chi connectivity index (χ1v) is 8.13. The second-order valence-electron chi connectivity index (χ2n) is 7.01. The fourth-order valence-electron chi connectivity index (χ4n) is 2.07. The average molecular weight is 353 g/mol. The van der Waals surface area contributed by atoms with Crippen LogP contribution in [0.2, 0.25) is 0 Å². The van der Waals surface area contributed by atoms with E-state index in [1.165, 1.54) is 6.92 Å². The molecule has 0 fully saturated rings. The molecule has 140 valence electrons. The van der Waals surface area contributed by atoms with E-state index >= 15 is 0 Å². The Bertz CT molecular complexity index is 578. The molecule has 3 N–H and O–H groups in total. The first-order valence-electron chi connectivity index (χ1n) is 8.13. The quantitative estimate of drug-likeness (QED) is 0.620. The number of carboxylic acids is 1. The molecule has 7 heteroatoms. The van der Waals surface area contributed by atoms with Gasteiger partial charge < -0.3 is 25.0 Å². The van der Waals surface area contributed by atoms with Gasteiger partial charge in [-0.15, -0.1) is 0 Å². The monoisotopic (exact) mass is 353 g/mol. The first-order chi connectivity index (χ1) is 11.6. The molecule has 0 aliphatic carbocycles. The van der Waals surface area contributed by atoms with Gasteiger partial charge in [-0.25, -0.2) is 9.59 Å². The summed E-state index contributed by atoms with van der Waals surface area (Å²) in [5.74, 6) is -0.518. The van der Waals surface area contributed by atoms with Crippen molar-refractivity contribution in [1.82, 2.24) is 5.32 Å². The Morgan fingerprint density at radius 3 is 2.20 bits per heavy atom. The van der Waals surface area contributed by atoms with Gasteiger partial charge in [-0.05, 0) is 45.4 Å². The highest BCUT2D eigenvalue weighted by molar-refractivity contribution is 5.84. The summed E-state index contributed by atoms with van der Waals surface area (Å²) < 4.78 is 10.6. The number of rotatable bonds is 8. The predicted molar refractivity (Wildman–Crippen MR) is 92.8 cm³/mol. The lowest BCUT2D eigenvalue weighted by Crippen LogP contribution is -2.54. The van der Waals surface area contributed by atoms with Crippen LogP contribution in [0.3, 0.4) is 0 Å². The molecule has 1 aromatic carbocycles. The lowest BCUT2D eigenvalue weighted by molar-refractivity contribution is -0.144. The molecule has 0 aliphatic heterocycles. The minimum absolute atomic E-state index is 0.0609. The van der Waals surface area contributed by atoms with Gasteiger partial charge in [-0.1, -0.05) is 12.1 Å². The molecule has 1 aromatic rings. The molecule has 0 aromatic heterocycles.